The number of nitrogens with one attached hydrogen (secondary N) is 1. The molecule has 1 aliphatic rings. The van der Waals surface area contributed by atoms with E-state index >= 15 is 0 Å². The molecule has 198 valence electrons. The van der Waals surface area contributed by atoms with Gasteiger partial charge in [-0.2, -0.15) is 0 Å². The molecule has 1 atom stereocenters. The molecular weight excluding hydrogens is 488 g/mol. The number of fused-ring (bicyclic) bond motifs is 1. The number of carbonyl (C=O) groups is 2. The molecule has 0 spiro atoms. The van der Waals surface area contributed by atoms with Crippen molar-refractivity contribution in [2.24, 2.45) is 0 Å². The maximum absolute atomic E-state index is 13.8. The van der Waals surface area contributed by atoms with Crippen LogP contribution in [0.15, 0.2) is 109 Å². The van der Waals surface area contributed by atoms with Crippen molar-refractivity contribution in [1.29, 1.82) is 0 Å². The number of benzene rings is 4. The molecule has 4 aromatic carbocycles. The molecule has 0 unspecified atom stereocenters. The summed E-state index contributed by atoms with van der Waals surface area (Å²) in [6.45, 7) is 0.866. The van der Waals surface area contributed by atoms with Crippen molar-refractivity contribution < 1.29 is 19.1 Å². The summed E-state index contributed by atoms with van der Waals surface area (Å²) in [5, 5.41) is 3.08. The molecule has 0 saturated heterocycles. The van der Waals surface area contributed by atoms with Gasteiger partial charge in [0.15, 0.2) is 11.5 Å². The highest BCUT2D eigenvalue weighted by Crippen LogP contribution is 2.32. The summed E-state index contributed by atoms with van der Waals surface area (Å²) in [6.07, 6.45) is 1.34. The average molecular weight is 521 g/mol. The molecule has 0 fully saturated rings. The Hall–Kier alpha value is -4.58. The van der Waals surface area contributed by atoms with E-state index < -0.39 is 6.04 Å². The van der Waals surface area contributed by atoms with Gasteiger partial charge >= 0.3 is 0 Å². The Balaban J connectivity index is 1.38. The van der Waals surface area contributed by atoms with Crippen LogP contribution >= 0.6 is 0 Å². The van der Waals surface area contributed by atoms with E-state index in [-0.39, 0.29) is 18.6 Å². The monoisotopic (exact) mass is 520 g/mol. The van der Waals surface area contributed by atoms with Gasteiger partial charge in [0.1, 0.15) is 6.04 Å². The van der Waals surface area contributed by atoms with E-state index in [0.717, 1.165) is 22.3 Å². The number of nitrogens with zero attached hydrogens (tertiary/aromatic N) is 1. The lowest BCUT2D eigenvalue weighted by molar-refractivity contribution is -0.141. The number of aryl methyl sites for hydroxylation is 1. The van der Waals surface area contributed by atoms with Crippen LogP contribution in [0.5, 0.6) is 11.5 Å². The lowest BCUT2D eigenvalue weighted by Gasteiger charge is -2.31. The van der Waals surface area contributed by atoms with E-state index in [1.54, 1.807) is 4.90 Å². The van der Waals surface area contributed by atoms with Crippen LogP contribution in [0.1, 0.15) is 28.7 Å². The van der Waals surface area contributed by atoms with Gasteiger partial charge in [-0.1, -0.05) is 97.1 Å². The predicted octanol–water partition coefficient (Wildman–Crippen LogP) is 5.30. The Morgan fingerprint density at radius 2 is 1.33 bits per heavy atom. The number of carbonyl (C=O) groups excluding carboxylic acids is 2. The van der Waals surface area contributed by atoms with E-state index in [0.29, 0.717) is 43.9 Å². The molecule has 0 radical (unpaired) electrons. The summed E-state index contributed by atoms with van der Waals surface area (Å²) >= 11 is 0. The van der Waals surface area contributed by atoms with E-state index in [1.807, 2.05) is 109 Å². The zero-order valence-corrected chi connectivity index (χ0v) is 21.8. The Kier molecular flexibility index (Phi) is 8.54. The van der Waals surface area contributed by atoms with Crippen LogP contribution in [0.25, 0.3) is 0 Å². The molecule has 6 heteroatoms. The number of amides is 2. The fourth-order valence-corrected chi connectivity index (χ4v) is 4.73. The van der Waals surface area contributed by atoms with Crippen molar-refractivity contribution in [1.82, 2.24) is 10.2 Å². The summed E-state index contributed by atoms with van der Waals surface area (Å²) < 4.78 is 10.9. The first-order valence-corrected chi connectivity index (χ1v) is 13.2. The van der Waals surface area contributed by atoms with Gasteiger partial charge in [0, 0.05) is 25.9 Å². The molecule has 5 rings (SSSR count). The minimum Gasteiger partial charge on any atom is -0.454 e. The van der Waals surface area contributed by atoms with Crippen molar-refractivity contribution in [2.45, 2.75) is 38.4 Å². The van der Waals surface area contributed by atoms with Gasteiger partial charge in [-0.3, -0.25) is 9.59 Å². The summed E-state index contributed by atoms with van der Waals surface area (Å²) in [5.41, 5.74) is 3.97. The third-order valence-electron chi connectivity index (χ3n) is 6.84. The zero-order chi connectivity index (χ0) is 26.9. The first-order valence-electron chi connectivity index (χ1n) is 13.2. The van der Waals surface area contributed by atoms with Gasteiger partial charge in [0.05, 0.1) is 0 Å². The first kappa shape index (κ1) is 26.0. The minimum absolute atomic E-state index is 0.0538. The minimum atomic E-state index is -0.676. The zero-order valence-electron chi connectivity index (χ0n) is 21.8. The van der Waals surface area contributed by atoms with E-state index in [1.165, 1.54) is 0 Å². The van der Waals surface area contributed by atoms with Gasteiger partial charge in [0.2, 0.25) is 18.6 Å². The van der Waals surface area contributed by atoms with Gasteiger partial charge < -0.3 is 19.7 Å². The van der Waals surface area contributed by atoms with Crippen molar-refractivity contribution in [3.63, 3.8) is 0 Å². The largest absolute Gasteiger partial charge is 0.454 e. The van der Waals surface area contributed by atoms with Crippen LogP contribution in [-0.2, 0) is 35.5 Å². The number of hydrogen-bond donors (Lipinski definition) is 1. The molecule has 0 bridgehead atoms. The Bertz CT molecular complexity index is 1380. The van der Waals surface area contributed by atoms with Crippen LogP contribution in [0, 0.1) is 0 Å². The van der Waals surface area contributed by atoms with Crippen molar-refractivity contribution >= 4 is 11.8 Å². The molecule has 1 N–H and O–H groups in total. The highest BCUT2D eigenvalue weighted by molar-refractivity contribution is 5.88. The standard InChI is InChI=1S/C33H32N2O4/c36-32(19-17-25-10-4-1-5-11-25)35(23-27-14-8-3-9-15-27)29(20-26-12-6-2-7-13-26)33(37)34-22-28-16-18-30-31(21-28)39-24-38-30/h1-16,18,21,29H,17,19-20,22-24H2,(H,34,37)/t29-/m0/s1. The Morgan fingerprint density at radius 1 is 0.718 bits per heavy atom. The third-order valence-corrected chi connectivity index (χ3v) is 6.84. The Labute approximate surface area is 229 Å². The van der Waals surface area contributed by atoms with Crippen LogP contribution in [-0.4, -0.2) is 29.5 Å². The predicted molar refractivity (Wildman–Crippen MR) is 150 cm³/mol. The van der Waals surface area contributed by atoms with Gasteiger partial charge in [-0.05, 0) is 40.8 Å². The topological polar surface area (TPSA) is 67.9 Å². The normalized spacial score (nSPS) is 12.5. The number of hydrogen-bond acceptors (Lipinski definition) is 4. The second kappa shape index (κ2) is 12.8. The van der Waals surface area contributed by atoms with Crippen LogP contribution < -0.4 is 14.8 Å². The average Bonchev–Trinajstić information content (AvgIpc) is 3.46. The molecule has 0 aliphatic carbocycles. The molecular formula is C33H32N2O4. The molecule has 6 nitrogen and oxygen atoms in total. The molecule has 1 aliphatic heterocycles. The first-order chi connectivity index (χ1) is 19.2. The second-order valence-electron chi connectivity index (χ2n) is 9.60. The highest BCUT2D eigenvalue weighted by Gasteiger charge is 2.30. The third kappa shape index (κ3) is 7.05. The van der Waals surface area contributed by atoms with E-state index in [2.05, 4.69) is 5.32 Å². The molecule has 4 aromatic rings. The molecule has 2 amide bonds. The molecule has 0 aromatic heterocycles. The number of rotatable bonds is 11. The van der Waals surface area contributed by atoms with E-state index in [9.17, 15) is 9.59 Å². The summed E-state index contributed by atoms with van der Waals surface area (Å²) in [6, 6.07) is 34.6. The summed E-state index contributed by atoms with van der Waals surface area (Å²) in [5.74, 6) is 1.12. The van der Waals surface area contributed by atoms with Crippen LogP contribution in [0.3, 0.4) is 0 Å². The molecule has 1 heterocycles. The fraction of sp³-hybridized carbons (Fsp3) is 0.212. The summed E-state index contributed by atoms with van der Waals surface area (Å²) in [4.78, 5) is 29.3. The number of ether oxygens (including phenoxy) is 2. The molecule has 0 saturated carbocycles. The van der Waals surface area contributed by atoms with Crippen molar-refractivity contribution in [3.8, 4) is 11.5 Å². The summed E-state index contributed by atoms with van der Waals surface area (Å²) in [7, 11) is 0. The molecule has 39 heavy (non-hydrogen) atoms. The lowest BCUT2D eigenvalue weighted by Crippen LogP contribution is -2.50. The quantitative estimate of drug-likeness (QED) is 0.291. The van der Waals surface area contributed by atoms with Gasteiger partial charge in [-0.15, -0.1) is 0 Å². The van der Waals surface area contributed by atoms with Crippen molar-refractivity contribution in [3.05, 3.63) is 131 Å². The fourth-order valence-electron chi connectivity index (χ4n) is 4.73. The SMILES string of the molecule is O=C(NCc1ccc2c(c1)OCO2)[C@H](Cc1ccccc1)N(Cc1ccccc1)C(=O)CCc1ccccc1. The maximum Gasteiger partial charge on any atom is 0.243 e. The van der Waals surface area contributed by atoms with Gasteiger partial charge in [0.25, 0.3) is 0 Å². The Morgan fingerprint density at radius 3 is 2.03 bits per heavy atom. The van der Waals surface area contributed by atoms with Crippen LogP contribution in [0.4, 0.5) is 0 Å². The van der Waals surface area contributed by atoms with Crippen LogP contribution in [0.2, 0.25) is 0 Å². The highest BCUT2D eigenvalue weighted by atomic mass is 16.7. The van der Waals surface area contributed by atoms with Gasteiger partial charge in [-0.25, -0.2) is 0 Å². The second-order valence-corrected chi connectivity index (χ2v) is 9.60. The smallest absolute Gasteiger partial charge is 0.243 e. The maximum atomic E-state index is 13.8. The van der Waals surface area contributed by atoms with Crippen molar-refractivity contribution in [2.75, 3.05) is 6.79 Å². The lowest BCUT2D eigenvalue weighted by atomic mass is 10.0. The van der Waals surface area contributed by atoms with E-state index in [4.69, 9.17) is 9.47 Å².